The third-order valence-electron chi connectivity index (χ3n) is 3.83. The van der Waals surface area contributed by atoms with Crippen LogP contribution in [0.15, 0.2) is 11.1 Å². The van der Waals surface area contributed by atoms with E-state index in [1.807, 2.05) is 6.07 Å². The number of ether oxygens (including phenoxy) is 3. The molecule has 1 heterocycles. The second-order valence-corrected chi connectivity index (χ2v) is 5.13. The molecule has 0 aromatic heterocycles. The highest BCUT2D eigenvalue weighted by Gasteiger charge is 2.37. The second-order valence-electron chi connectivity index (χ2n) is 5.13. The average molecular weight is 279 g/mol. The topological polar surface area (TPSA) is 68.6 Å². The molecule has 2 aliphatic rings. The van der Waals surface area contributed by atoms with Gasteiger partial charge >= 0.3 is 5.97 Å². The highest BCUT2D eigenvalue weighted by molar-refractivity contribution is 5.93. The van der Waals surface area contributed by atoms with Gasteiger partial charge in [0.2, 0.25) is 0 Å². The summed E-state index contributed by atoms with van der Waals surface area (Å²) in [5.74, 6) is -1.02. The van der Waals surface area contributed by atoms with Gasteiger partial charge < -0.3 is 14.2 Å². The van der Waals surface area contributed by atoms with E-state index in [0.717, 1.165) is 31.6 Å². The first-order chi connectivity index (χ1) is 9.71. The predicted octanol–water partition coefficient (Wildman–Crippen LogP) is 2.47. The van der Waals surface area contributed by atoms with Crippen molar-refractivity contribution < 1.29 is 19.0 Å². The molecule has 0 aromatic rings. The molecule has 1 spiro atoms. The number of nitriles is 1. The van der Waals surface area contributed by atoms with Crippen LogP contribution in [0.3, 0.4) is 0 Å². The third kappa shape index (κ3) is 3.38. The quantitative estimate of drug-likeness (QED) is 0.441. The minimum absolute atomic E-state index is 0.162. The van der Waals surface area contributed by atoms with E-state index in [0.29, 0.717) is 25.7 Å². The summed E-state index contributed by atoms with van der Waals surface area (Å²) in [6.07, 6.45) is 4.76. The number of esters is 1. The zero-order valence-electron chi connectivity index (χ0n) is 11.9. The molecule has 0 atom stereocenters. The molecular weight excluding hydrogens is 258 g/mol. The lowest BCUT2D eigenvalue weighted by atomic mass is 9.87. The van der Waals surface area contributed by atoms with E-state index in [2.05, 4.69) is 0 Å². The van der Waals surface area contributed by atoms with Crippen molar-refractivity contribution in [3.05, 3.63) is 11.1 Å². The maximum atomic E-state index is 11.7. The van der Waals surface area contributed by atoms with E-state index < -0.39 is 11.8 Å². The molecule has 1 saturated carbocycles. The Bertz CT molecular complexity index is 416. The predicted molar refractivity (Wildman–Crippen MR) is 71.6 cm³/mol. The number of hydrogen-bond acceptors (Lipinski definition) is 5. The molecule has 110 valence electrons. The van der Waals surface area contributed by atoms with Crippen molar-refractivity contribution in [3.8, 4) is 6.07 Å². The molecular formula is C15H21NO4. The first-order valence-electron chi connectivity index (χ1n) is 7.28. The monoisotopic (exact) mass is 279 g/mol. The molecule has 0 aromatic carbocycles. The first kappa shape index (κ1) is 15.0. The van der Waals surface area contributed by atoms with Gasteiger partial charge in [-0.1, -0.05) is 0 Å². The molecule has 0 amide bonds. The Labute approximate surface area is 119 Å². The molecule has 0 radical (unpaired) electrons. The van der Waals surface area contributed by atoms with Gasteiger partial charge in [0.25, 0.3) is 0 Å². The van der Waals surface area contributed by atoms with Gasteiger partial charge in [-0.25, -0.2) is 4.79 Å². The Hall–Kier alpha value is -1.38. The molecule has 1 aliphatic heterocycles. The summed E-state index contributed by atoms with van der Waals surface area (Å²) in [5.41, 5.74) is 1.03. The lowest BCUT2D eigenvalue weighted by Gasteiger charge is -2.36. The normalized spacial score (nSPS) is 21.9. The van der Waals surface area contributed by atoms with Crippen LogP contribution >= 0.6 is 0 Å². The highest BCUT2D eigenvalue weighted by atomic mass is 16.7. The SMILES string of the molecule is CCOC(=O)C(C#N)=C1CCC2(CC1)OCCCCO2. The van der Waals surface area contributed by atoms with Gasteiger partial charge in [-0.2, -0.15) is 5.26 Å². The average Bonchev–Trinajstić information content (AvgIpc) is 2.68. The standard InChI is InChI=1S/C15H21NO4/c1-2-18-14(17)13(11-16)12-5-7-15(8-6-12)19-9-3-4-10-20-15/h2-10H2,1H3. The van der Waals surface area contributed by atoms with E-state index in [1.54, 1.807) is 6.92 Å². The van der Waals surface area contributed by atoms with Crippen molar-refractivity contribution >= 4 is 5.97 Å². The van der Waals surface area contributed by atoms with Crippen molar-refractivity contribution in [1.82, 2.24) is 0 Å². The minimum atomic E-state index is -0.511. The van der Waals surface area contributed by atoms with Gasteiger partial charge in [-0.3, -0.25) is 0 Å². The number of nitrogens with zero attached hydrogens (tertiary/aromatic N) is 1. The molecule has 1 saturated heterocycles. The fourth-order valence-corrected chi connectivity index (χ4v) is 2.71. The second kappa shape index (κ2) is 6.87. The summed E-state index contributed by atoms with van der Waals surface area (Å²) in [5, 5.41) is 9.15. The van der Waals surface area contributed by atoms with Crippen LogP contribution in [0.5, 0.6) is 0 Å². The first-order valence-corrected chi connectivity index (χ1v) is 7.28. The van der Waals surface area contributed by atoms with E-state index >= 15 is 0 Å². The van der Waals surface area contributed by atoms with Gasteiger partial charge in [-0.05, 0) is 38.2 Å². The van der Waals surface area contributed by atoms with Crippen LogP contribution in [-0.4, -0.2) is 31.6 Å². The van der Waals surface area contributed by atoms with Gasteiger partial charge in [0.15, 0.2) is 5.79 Å². The minimum Gasteiger partial charge on any atom is -0.462 e. The van der Waals surface area contributed by atoms with Crippen LogP contribution in [0.25, 0.3) is 0 Å². The van der Waals surface area contributed by atoms with Crippen LogP contribution < -0.4 is 0 Å². The van der Waals surface area contributed by atoms with Crippen molar-refractivity contribution in [3.63, 3.8) is 0 Å². The van der Waals surface area contributed by atoms with Gasteiger partial charge in [-0.15, -0.1) is 0 Å². The number of allylic oxidation sites excluding steroid dienone is 1. The Morgan fingerprint density at radius 2 is 1.90 bits per heavy atom. The molecule has 20 heavy (non-hydrogen) atoms. The molecule has 5 nitrogen and oxygen atoms in total. The van der Waals surface area contributed by atoms with Crippen molar-refractivity contribution in [2.75, 3.05) is 19.8 Å². The maximum Gasteiger partial charge on any atom is 0.348 e. The van der Waals surface area contributed by atoms with Crippen LogP contribution in [0.1, 0.15) is 45.4 Å². The maximum absolute atomic E-state index is 11.7. The van der Waals surface area contributed by atoms with Gasteiger partial charge in [0.05, 0.1) is 19.8 Å². The smallest absolute Gasteiger partial charge is 0.348 e. The zero-order valence-corrected chi connectivity index (χ0v) is 11.9. The van der Waals surface area contributed by atoms with Crippen molar-refractivity contribution in [2.24, 2.45) is 0 Å². The molecule has 2 fully saturated rings. The van der Waals surface area contributed by atoms with E-state index in [9.17, 15) is 4.79 Å². The molecule has 2 rings (SSSR count). The van der Waals surface area contributed by atoms with Crippen molar-refractivity contribution in [2.45, 2.75) is 51.2 Å². The molecule has 5 heteroatoms. The molecule has 0 bridgehead atoms. The number of rotatable bonds is 2. The van der Waals surface area contributed by atoms with Crippen LogP contribution in [-0.2, 0) is 19.0 Å². The summed E-state index contributed by atoms with van der Waals surface area (Å²) in [4.78, 5) is 11.7. The summed E-state index contributed by atoms with van der Waals surface area (Å²) >= 11 is 0. The largest absolute Gasteiger partial charge is 0.462 e. The number of carbonyl (C=O) groups excluding carboxylic acids is 1. The Balaban J connectivity index is 2.05. The van der Waals surface area contributed by atoms with E-state index in [4.69, 9.17) is 19.5 Å². The van der Waals surface area contributed by atoms with E-state index in [1.165, 1.54) is 0 Å². The lowest BCUT2D eigenvalue weighted by molar-refractivity contribution is -0.237. The van der Waals surface area contributed by atoms with Gasteiger partial charge in [0.1, 0.15) is 11.6 Å². The van der Waals surface area contributed by atoms with Crippen LogP contribution in [0.2, 0.25) is 0 Å². The fraction of sp³-hybridized carbons (Fsp3) is 0.733. The summed E-state index contributed by atoms with van der Waals surface area (Å²) in [6, 6.07) is 1.98. The lowest BCUT2D eigenvalue weighted by Crippen LogP contribution is -2.38. The molecule has 0 N–H and O–H groups in total. The van der Waals surface area contributed by atoms with Crippen molar-refractivity contribution in [1.29, 1.82) is 5.26 Å². The summed E-state index contributed by atoms with van der Waals surface area (Å²) < 4.78 is 16.6. The Kier molecular flexibility index (Phi) is 5.16. The van der Waals surface area contributed by atoms with Crippen LogP contribution in [0.4, 0.5) is 0 Å². The number of carbonyl (C=O) groups is 1. The zero-order chi connectivity index (χ0) is 14.4. The third-order valence-corrected chi connectivity index (χ3v) is 3.83. The summed E-state index contributed by atoms with van der Waals surface area (Å²) in [6.45, 7) is 3.47. The molecule has 0 unspecified atom stereocenters. The van der Waals surface area contributed by atoms with Crippen LogP contribution in [0, 0.1) is 11.3 Å². The Morgan fingerprint density at radius 1 is 1.30 bits per heavy atom. The molecule has 1 aliphatic carbocycles. The fourth-order valence-electron chi connectivity index (χ4n) is 2.71. The highest BCUT2D eigenvalue weighted by Crippen LogP contribution is 2.38. The van der Waals surface area contributed by atoms with E-state index in [-0.39, 0.29) is 12.2 Å². The van der Waals surface area contributed by atoms with Gasteiger partial charge in [0, 0.05) is 12.8 Å². The Morgan fingerprint density at radius 3 is 2.40 bits per heavy atom. The summed E-state index contributed by atoms with van der Waals surface area (Å²) in [7, 11) is 0. The number of hydrogen-bond donors (Lipinski definition) is 0.